The Morgan fingerprint density at radius 3 is 2.46 bits per heavy atom. The van der Waals surface area contributed by atoms with Crippen LogP contribution in [0.5, 0.6) is 11.5 Å². The van der Waals surface area contributed by atoms with Gasteiger partial charge in [0.1, 0.15) is 11.5 Å². The lowest BCUT2D eigenvalue weighted by molar-refractivity contribution is -0.0122. The third-order valence-corrected chi connectivity index (χ3v) is 9.28. The van der Waals surface area contributed by atoms with Crippen LogP contribution < -0.4 is 19.5 Å². The van der Waals surface area contributed by atoms with Gasteiger partial charge in [-0.3, -0.25) is 9.52 Å². The van der Waals surface area contributed by atoms with Crippen molar-refractivity contribution in [3.05, 3.63) is 48.0 Å². The number of amides is 3. The summed E-state index contributed by atoms with van der Waals surface area (Å²) in [5.74, 6) is 0.188. The van der Waals surface area contributed by atoms with Gasteiger partial charge in [0, 0.05) is 44.4 Å². The first-order chi connectivity index (χ1) is 21.7. The molecule has 0 unspecified atom stereocenters. The van der Waals surface area contributed by atoms with E-state index in [0.717, 1.165) is 12.8 Å². The number of carbonyl (C=O) groups excluding carboxylic acids is 2. The minimum Gasteiger partial charge on any atom is -0.497 e. The second kappa shape index (κ2) is 16.8. The molecule has 46 heavy (non-hydrogen) atoms. The van der Waals surface area contributed by atoms with Crippen molar-refractivity contribution < 1.29 is 37.3 Å². The molecule has 0 bridgehead atoms. The first kappa shape index (κ1) is 36.9. The first-order valence-electron chi connectivity index (χ1n) is 15.8. The standard InChI is InChI=1S/C33H50N4O8S/c1-22(2)34-33(40)36(6)20-31-23(3)19-37(24(4)21-38)32(39)29-18-26(11-16-30(29)45-25(5)10-8-9-17-44-31)35-46(41,42)28-14-12-27(43-7)13-15-28/h11-16,18,22-25,31,35,38H,8-10,17,19-21H2,1-7H3,(H,34,40)/t23-,24-,25+,31-/m0/s1. The van der Waals surface area contributed by atoms with E-state index in [1.807, 2.05) is 27.7 Å². The van der Waals surface area contributed by atoms with E-state index in [0.29, 0.717) is 31.1 Å². The monoisotopic (exact) mass is 662 g/mol. The van der Waals surface area contributed by atoms with Gasteiger partial charge < -0.3 is 34.4 Å². The van der Waals surface area contributed by atoms with Crippen molar-refractivity contribution in [3.8, 4) is 11.5 Å². The molecule has 2 aromatic carbocycles. The summed E-state index contributed by atoms with van der Waals surface area (Å²) in [6.07, 6.45) is 1.69. The van der Waals surface area contributed by atoms with E-state index in [2.05, 4.69) is 10.0 Å². The maximum Gasteiger partial charge on any atom is 0.317 e. The maximum absolute atomic E-state index is 14.3. The topological polar surface area (TPSA) is 147 Å². The maximum atomic E-state index is 14.3. The molecule has 0 radical (unpaired) electrons. The number of nitrogens with one attached hydrogen (secondary N) is 2. The second-order valence-corrected chi connectivity index (χ2v) is 14.0. The zero-order valence-electron chi connectivity index (χ0n) is 28.0. The van der Waals surface area contributed by atoms with Crippen LogP contribution in [0.2, 0.25) is 0 Å². The highest BCUT2D eigenvalue weighted by molar-refractivity contribution is 7.92. The zero-order chi connectivity index (χ0) is 34.0. The Morgan fingerprint density at radius 1 is 1.13 bits per heavy atom. The molecule has 0 saturated carbocycles. The van der Waals surface area contributed by atoms with Gasteiger partial charge in [0.05, 0.1) is 42.4 Å². The minimum absolute atomic E-state index is 0.0225. The number of methoxy groups -OCH3 is 1. The Morgan fingerprint density at radius 2 is 1.83 bits per heavy atom. The second-order valence-electron chi connectivity index (χ2n) is 12.3. The molecule has 13 heteroatoms. The van der Waals surface area contributed by atoms with Gasteiger partial charge in [-0.15, -0.1) is 0 Å². The Bertz CT molecular complexity index is 1400. The summed E-state index contributed by atoms with van der Waals surface area (Å²) >= 11 is 0. The Hall–Kier alpha value is -3.55. The van der Waals surface area contributed by atoms with Crippen LogP contribution in [0.15, 0.2) is 47.4 Å². The molecule has 3 N–H and O–H groups in total. The van der Waals surface area contributed by atoms with E-state index in [1.165, 1.54) is 25.3 Å². The number of aliphatic hydroxyl groups excluding tert-OH is 1. The van der Waals surface area contributed by atoms with Crippen LogP contribution in [0.25, 0.3) is 0 Å². The molecule has 0 aliphatic carbocycles. The van der Waals surface area contributed by atoms with Crippen LogP contribution in [0.4, 0.5) is 10.5 Å². The number of hydrogen-bond acceptors (Lipinski definition) is 8. The van der Waals surface area contributed by atoms with Crippen molar-refractivity contribution in [2.45, 2.75) is 83.1 Å². The van der Waals surface area contributed by atoms with E-state index in [1.54, 1.807) is 48.0 Å². The van der Waals surface area contributed by atoms with Crippen molar-refractivity contribution in [2.75, 3.05) is 45.2 Å². The summed E-state index contributed by atoms with van der Waals surface area (Å²) in [4.78, 5) is 30.2. The van der Waals surface area contributed by atoms with E-state index in [4.69, 9.17) is 14.2 Å². The van der Waals surface area contributed by atoms with Gasteiger partial charge in [-0.2, -0.15) is 0 Å². The summed E-state index contributed by atoms with van der Waals surface area (Å²) in [5.41, 5.74) is 0.348. The van der Waals surface area contributed by atoms with Crippen LogP contribution in [-0.4, -0.2) is 100 Å². The van der Waals surface area contributed by atoms with E-state index in [-0.39, 0.29) is 59.5 Å². The number of fused-ring (bicyclic) bond motifs is 1. The Kier molecular flexibility index (Phi) is 13.5. The normalized spacial score (nSPS) is 20.6. The number of aliphatic hydroxyl groups is 1. The van der Waals surface area contributed by atoms with Gasteiger partial charge in [-0.05, 0) is 89.4 Å². The van der Waals surface area contributed by atoms with Crippen molar-refractivity contribution in [3.63, 3.8) is 0 Å². The highest BCUT2D eigenvalue weighted by Gasteiger charge is 2.31. The van der Waals surface area contributed by atoms with Crippen molar-refractivity contribution in [2.24, 2.45) is 5.92 Å². The summed E-state index contributed by atoms with van der Waals surface area (Å²) in [6.45, 7) is 10.1. The highest BCUT2D eigenvalue weighted by Crippen LogP contribution is 2.30. The van der Waals surface area contributed by atoms with Crippen molar-refractivity contribution in [1.29, 1.82) is 0 Å². The molecular weight excluding hydrogens is 612 g/mol. The largest absolute Gasteiger partial charge is 0.497 e. The smallest absolute Gasteiger partial charge is 0.317 e. The van der Waals surface area contributed by atoms with Gasteiger partial charge in [0.25, 0.3) is 15.9 Å². The third kappa shape index (κ3) is 10.2. The number of ether oxygens (including phenoxy) is 3. The quantitative estimate of drug-likeness (QED) is 0.360. The first-order valence-corrected chi connectivity index (χ1v) is 17.3. The van der Waals surface area contributed by atoms with Crippen LogP contribution in [0.3, 0.4) is 0 Å². The van der Waals surface area contributed by atoms with Crippen LogP contribution >= 0.6 is 0 Å². The fourth-order valence-corrected chi connectivity index (χ4v) is 6.18. The molecule has 2 aromatic rings. The lowest BCUT2D eigenvalue weighted by Crippen LogP contribution is -2.49. The molecule has 4 atom stereocenters. The SMILES string of the molecule is COc1ccc(S(=O)(=O)Nc2ccc3c(c2)C(=O)N([C@@H](C)CO)C[C@H](C)[C@H](CN(C)C(=O)NC(C)C)OCCCC[C@@H](C)O3)cc1. The molecular formula is C33H50N4O8S. The predicted octanol–water partition coefficient (Wildman–Crippen LogP) is 4.34. The fourth-order valence-electron chi connectivity index (χ4n) is 5.13. The van der Waals surface area contributed by atoms with Gasteiger partial charge in [0.15, 0.2) is 0 Å². The van der Waals surface area contributed by atoms with E-state index >= 15 is 0 Å². The number of hydrogen-bond donors (Lipinski definition) is 3. The number of rotatable bonds is 9. The zero-order valence-corrected chi connectivity index (χ0v) is 28.8. The van der Waals surface area contributed by atoms with E-state index in [9.17, 15) is 23.1 Å². The molecule has 1 aliphatic rings. The number of nitrogens with zero attached hydrogens (tertiary/aromatic N) is 2. The van der Waals surface area contributed by atoms with Crippen molar-refractivity contribution in [1.82, 2.24) is 15.1 Å². The predicted molar refractivity (Wildman–Crippen MR) is 177 cm³/mol. The molecule has 3 amide bonds. The molecule has 256 valence electrons. The van der Waals surface area contributed by atoms with Crippen LogP contribution in [0.1, 0.15) is 64.2 Å². The van der Waals surface area contributed by atoms with Gasteiger partial charge in [0.2, 0.25) is 0 Å². The molecule has 12 nitrogen and oxygen atoms in total. The average molecular weight is 663 g/mol. The van der Waals surface area contributed by atoms with E-state index < -0.39 is 22.0 Å². The van der Waals surface area contributed by atoms with Gasteiger partial charge in [-0.25, -0.2) is 13.2 Å². The molecule has 0 spiro atoms. The molecule has 1 heterocycles. The lowest BCUT2D eigenvalue weighted by Gasteiger charge is -2.36. The molecule has 0 saturated heterocycles. The van der Waals surface area contributed by atoms with Crippen LogP contribution in [0, 0.1) is 5.92 Å². The molecule has 0 fully saturated rings. The number of sulfonamides is 1. The van der Waals surface area contributed by atoms with Gasteiger partial charge >= 0.3 is 6.03 Å². The average Bonchev–Trinajstić information content (AvgIpc) is 3.01. The summed E-state index contributed by atoms with van der Waals surface area (Å²) in [5, 5.41) is 13.1. The molecule has 3 rings (SSSR count). The van der Waals surface area contributed by atoms with Crippen LogP contribution in [-0.2, 0) is 14.8 Å². The fraction of sp³-hybridized carbons (Fsp3) is 0.576. The number of likely N-dealkylation sites (N-methyl/N-ethyl adjacent to an activating group) is 1. The minimum atomic E-state index is -3.98. The Balaban J connectivity index is 1.98. The third-order valence-electron chi connectivity index (χ3n) is 7.89. The summed E-state index contributed by atoms with van der Waals surface area (Å²) in [6, 6.07) is 9.79. The number of anilines is 1. The summed E-state index contributed by atoms with van der Waals surface area (Å²) < 4.78 is 46.7. The highest BCUT2D eigenvalue weighted by atomic mass is 32.2. The lowest BCUT2D eigenvalue weighted by atomic mass is 10.0. The Labute approximate surface area is 273 Å². The summed E-state index contributed by atoms with van der Waals surface area (Å²) in [7, 11) is -0.777. The number of benzene rings is 2. The molecule has 0 aromatic heterocycles. The van der Waals surface area contributed by atoms with Crippen molar-refractivity contribution >= 4 is 27.6 Å². The number of carbonyl (C=O) groups is 2. The van der Waals surface area contributed by atoms with Gasteiger partial charge in [-0.1, -0.05) is 6.92 Å². The molecule has 1 aliphatic heterocycles. The number of urea groups is 1.